The first-order valence-electron chi connectivity index (χ1n) is 8.97. The lowest BCUT2D eigenvalue weighted by Gasteiger charge is -2.35. The van der Waals surface area contributed by atoms with Crippen LogP contribution < -0.4 is 0 Å². The average molecular weight is 370 g/mol. The van der Waals surface area contributed by atoms with Crippen LogP contribution in [0.2, 0.25) is 5.02 Å². The van der Waals surface area contributed by atoms with E-state index in [9.17, 15) is 9.90 Å². The molecule has 25 heavy (non-hydrogen) atoms. The maximum Gasteiger partial charge on any atom is 0.323 e. The van der Waals surface area contributed by atoms with Gasteiger partial charge in [0.1, 0.15) is 6.04 Å². The normalized spacial score (nSPS) is 20.9. The fraction of sp³-hybridized carbons (Fsp3) is 0.632. The van der Waals surface area contributed by atoms with E-state index in [1.807, 2.05) is 43.0 Å². The molecule has 0 bridgehead atoms. The number of halogens is 1. The fourth-order valence-corrected chi connectivity index (χ4v) is 3.25. The van der Waals surface area contributed by atoms with E-state index >= 15 is 0 Å². The molecule has 1 heterocycles. The predicted octanol–water partition coefficient (Wildman–Crippen LogP) is 3.20. The molecule has 3 unspecified atom stereocenters. The molecular weight excluding hydrogens is 342 g/mol. The topological polar surface area (TPSA) is 59.0 Å². The van der Waals surface area contributed by atoms with Gasteiger partial charge in [-0.2, -0.15) is 0 Å². The van der Waals surface area contributed by atoms with Crippen molar-refractivity contribution in [3.8, 4) is 0 Å². The van der Waals surface area contributed by atoms with Crippen LogP contribution in [0.15, 0.2) is 24.3 Å². The van der Waals surface area contributed by atoms with Gasteiger partial charge in [-0.3, -0.25) is 9.69 Å². The van der Waals surface area contributed by atoms with Gasteiger partial charge in [-0.1, -0.05) is 30.2 Å². The molecule has 1 aromatic rings. The first kappa shape index (κ1) is 20.2. The molecule has 0 aromatic heterocycles. The third kappa shape index (κ3) is 6.26. The molecule has 140 valence electrons. The van der Waals surface area contributed by atoms with Crippen LogP contribution in [0.4, 0.5) is 0 Å². The zero-order chi connectivity index (χ0) is 18.2. The number of hydrogen-bond donors (Lipinski definition) is 1. The van der Waals surface area contributed by atoms with Gasteiger partial charge in [-0.15, -0.1) is 0 Å². The molecule has 2 rings (SSSR count). The van der Waals surface area contributed by atoms with Crippen molar-refractivity contribution in [3.63, 3.8) is 0 Å². The maximum atomic E-state index is 12.1. The van der Waals surface area contributed by atoms with Crippen molar-refractivity contribution < 1.29 is 19.4 Å². The maximum absolute atomic E-state index is 12.1. The Hall–Kier alpha value is -1.14. The van der Waals surface area contributed by atoms with Gasteiger partial charge in [0.2, 0.25) is 0 Å². The zero-order valence-electron chi connectivity index (χ0n) is 15.0. The van der Waals surface area contributed by atoms with E-state index in [2.05, 4.69) is 0 Å². The summed E-state index contributed by atoms with van der Waals surface area (Å²) in [6.45, 7) is 5.57. The van der Waals surface area contributed by atoms with Gasteiger partial charge in [0.05, 0.1) is 25.4 Å². The SMILES string of the molecule is CCOC(=O)C1CCCCN1CC(O)COC(C)c1ccc(Cl)cc1. The Kier molecular flexibility index (Phi) is 8.16. The Balaban J connectivity index is 1.82. The molecule has 1 aromatic carbocycles. The van der Waals surface area contributed by atoms with Crippen molar-refractivity contribution in [1.82, 2.24) is 4.90 Å². The quantitative estimate of drug-likeness (QED) is 0.713. The third-order valence-corrected chi connectivity index (χ3v) is 4.75. The van der Waals surface area contributed by atoms with E-state index in [0.29, 0.717) is 18.2 Å². The van der Waals surface area contributed by atoms with Gasteiger partial charge in [0.15, 0.2) is 0 Å². The van der Waals surface area contributed by atoms with Crippen molar-refractivity contribution >= 4 is 17.6 Å². The summed E-state index contributed by atoms with van der Waals surface area (Å²) in [5.41, 5.74) is 1.01. The summed E-state index contributed by atoms with van der Waals surface area (Å²) in [4.78, 5) is 14.1. The number of ether oxygens (including phenoxy) is 2. The number of likely N-dealkylation sites (tertiary alicyclic amines) is 1. The molecule has 6 heteroatoms. The number of hydrogen-bond acceptors (Lipinski definition) is 5. The summed E-state index contributed by atoms with van der Waals surface area (Å²) >= 11 is 5.89. The molecule has 0 saturated carbocycles. The number of carbonyl (C=O) groups is 1. The largest absolute Gasteiger partial charge is 0.465 e. The van der Waals surface area contributed by atoms with Gasteiger partial charge >= 0.3 is 5.97 Å². The number of β-amino-alcohol motifs (C(OH)–C–C–N with tert-alkyl or cyclic N) is 1. The van der Waals surface area contributed by atoms with Crippen LogP contribution in [0.3, 0.4) is 0 Å². The number of benzene rings is 1. The van der Waals surface area contributed by atoms with Crippen molar-refractivity contribution in [2.45, 2.75) is 51.4 Å². The van der Waals surface area contributed by atoms with Crippen LogP contribution >= 0.6 is 11.6 Å². The average Bonchev–Trinajstić information content (AvgIpc) is 2.61. The van der Waals surface area contributed by atoms with Crippen LogP contribution in [0.25, 0.3) is 0 Å². The molecule has 0 spiro atoms. The summed E-state index contributed by atoms with van der Waals surface area (Å²) in [6.07, 6.45) is 2.05. The Morgan fingerprint density at radius 2 is 2.08 bits per heavy atom. The highest BCUT2D eigenvalue weighted by molar-refractivity contribution is 6.30. The third-order valence-electron chi connectivity index (χ3n) is 4.50. The standard InChI is InChI=1S/C19H28ClNO4/c1-3-24-19(23)18-6-4-5-11-21(18)12-17(22)13-25-14(2)15-7-9-16(20)10-8-15/h7-10,14,17-18,22H,3-6,11-13H2,1-2H3. The Labute approximate surface area is 154 Å². The molecule has 3 atom stereocenters. The first-order valence-corrected chi connectivity index (χ1v) is 9.35. The highest BCUT2D eigenvalue weighted by Gasteiger charge is 2.31. The summed E-state index contributed by atoms with van der Waals surface area (Å²) in [6, 6.07) is 7.23. The fourth-order valence-electron chi connectivity index (χ4n) is 3.12. The minimum atomic E-state index is -0.648. The van der Waals surface area contributed by atoms with Crippen molar-refractivity contribution in [3.05, 3.63) is 34.9 Å². The molecule has 0 radical (unpaired) electrons. The number of rotatable bonds is 8. The summed E-state index contributed by atoms with van der Waals surface area (Å²) in [5, 5.41) is 11.0. The minimum absolute atomic E-state index is 0.130. The van der Waals surface area contributed by atoms with Crippen LogP contribution in [0, 0.1) is 0 Å². The second-order valence-electron chi connectivity index (χ2n) is 6.44. The number of aliphatic hydroxyl groups excluding tert-OH is 1. The monoisotopic (exact) mass is 369 g/mol. The van der Waals surface area contributed by atoms with Gasteiger partial charge < -0.3 is 14.6 Å². The van der Waals surface area contributed by atoms with E-state index in [1.54, 1.807) is 0 Å². The van der Waals surface area contributed by atoms with Crippen LogP contribution in [-0.2, 0) is 14.3 Å². The minimum Gasteiger partial charge on any atom is -0.465 e. The molecular formula is C19H28ClNO4. The molecule has 1 N–H and O–H groups in total. The lowest BCUT2D eigenvalue weighted by molar-refractivity contribution is -0.151. The molecule has 5 nitrogen and oxygen atoms in total. The van der Waals surface area contributed by atoms with E-state index in [4.69, 9.17) is 21.1 Å². The summed E-state index contributed by atoms with van der Waals surface area (Å²) in [7, 11) is 0. The van der Waals surface area contributed by atoms with Crippen molar-refractivity contribution in [2.24, 2.45) is 0 Å². The number of aliphatic hydroxyl groups is 1. The molecule has 1 aliphatic heterocycles. The summed E-state index contributed by atoms with van der Waals surface area (Å²) < 4.78 is 10.9. The molecule has 1 fully saturated rings. The van der Waals surface area contributed by atoms with Crippen molar-refractivity contribution in [2.75, 3.05) is 26.3 Å². The van der Waals surface area contributed by atoms with E-state index in [0.717, 1.165) is 31.4 Å². The molecule has 1 aliphatic rings. The number of piperidine rings is 1. The molecule has 1 saturated heterocycles. The first-order chi connectivity index (χ1) is 12.0. The van der Waals surface area contributed by atoms with Gasteiger partial charge in [-0.25, -0.2) is 0 Å². The lowest BCUT2D eigenvalue weighted by Crippen LogP contribution is -2.49. The Bertz CT molecular complexity index is 537. The van der Waals surface area contributed by atoms with E-state index in [1.165, 1.54) is 0 Å². The second kappa shape index (κ2) is 10.1. The second-order valence-corrected chi connectivity index (χ2v) is 6.88. The molecule has 0 amide bonds. The van der Waals surface area contributed by atoms with Crippen LogP contribution in [0.5, 0.6) is 0 Å². The van der Waals surface area contributed by atoms with Crippen molar-refractivity contribution in [1.29, 1.82) is 0 Å². The van der Waals surface area contributed by atoms with E-state index in [-0.39, 0.29) is 24.7 Å². The van der Waals surface area contributed by atoms with Gasteiger partial charge in [-0.05, 0) is 50.9 Å². The van der Waals surface area contributed by atoms with Crippen LogP contribution in [-0.4, -0.2) is 54.4 Å². The number of nitrogens with zero attached hydrogens (tertiary/aromatic N) is 1. The Morgan fingerprint density at radius 3 is 2.76 bits per heavy atom. The van der Waals surface area contributed by atoms with E-state index < -0.39 is 6.10 Å². The predicted molar refractivity (Wildman–Crippen MR) is 97.7 cm³/mol. The number of carbonyl (C=O) groups excluding carboxylic acids is 1. The lowest BCUT2D eigenvalue weighted by atomic mass is 10.0. The Morgan fingerprint density at radius 1 is 1.36 bits per heavy atom. The summed E-state index contributed by atoms with van der Waals surface area (Å²) in [5.74, 6) is -0.190. The number of esters is 1. The molecule has 0 aliphatic carbocycles. The highest BCUT2D eigenvalue weighted by atomic mass is 35.5. The highest BCUT2D eigenvalue weighted by Crippen LogP contribution is 2.21. The van der Waals surface area contributed by atoms with Gasteiger partial charge in [0, 0.05) is 11.6 Å². The van der Waals surface area contributed by atoms with Crippen LogP contribution in [0.1, 0.15) is 44.8 Å². The smallest absolute Gasteiger partial charge is 0.323 e. The zero-order valence-corrected chi connectivity index (χ0v) is 15.7. The van der Waals surface area contributed by atoms with Gasteiger partial charge in [0.25, 0.3) is 0 Å².